The van der Waals surface area contributed by atoms with Gasteiger partial charge in [0.15, 0.2) is 6.10 Å². The third-order valence-corrected chi connectivity index (χ3v) is 3.70. The summed E-state index contributed by atoms with van der Waals surface area (Å²) in [6.07, 6.45) is 2.92. The number of hydrogen-bond donors (Lipinski definition) is 0. The monoisotopic (exact) mass is 343 g/mol. The second-order valence-corrected chi connectivity index (χ2v) is 5.63. The third kappa shape index (κ3) is 4.97. The zero-order valence-corrected chi connectivity index (χ0v) is 14.1. The molecule has 0 aliphatic heterocycles. The molecule has 2 aromatic rings. The molecular weight excluding hydrogens is 326 g/mol. The number of pyridine rings is 1. The first-order valence-corrected chi connectivity index (χ1v) is 7.95. The first-order chi connectivity index (χ1) is 11.6. The van der Waals surface area contributed by atoms with Gasteiger partial charge >= 0.3 is 0 Å². The van der Waals surface area contributed by atoms with E-state index in [0.717, 1.165) is 5.56 Å². The number of rotatable bonds is 7. The Kier molecular flexibility index (Phi) is 6.59. The van der Waals surface area contributed by atoms with E-state index in [2.05, 4.69) is 11.1 Å². The summed E-state index contributed by atoms with van der Waals surface area (Å²) < 4.78 is 5.68. The average molecular weight is 344 g/mol. The van der Waals surface area contributed by atoms with Crippen LogP contribution in [0.4, 0.5) is 0 Å². The number of carbonyl (C=O) groups excluding carboxylic acids is 1. The number of amides is 1. The van der Waals surface area contributed by atoms with Crippen LogP contribution in [-0.2, 0) is 11.3 Å². The van der Waals surface area contributed by atoms with Crippen LogP contribution in [0.1, 0.15) is 18.9 Å². The molecule has 6 heteroatoms. The number of benzene rings is 1. The molecule has 0 bridgehead atoms. The highest BCUT2D eigenvalue weighted by molar-refractivity contribution is 6.32. The molecule has 0 aliphatic carbocycles. The van der Waals surface area contributed by atoms with Crippen molar-refractivity contribution >= 4 is 17.5 Å². The maximum absolute atomic E-state index is 12.7. The summed E-state index contributed by atoms with van der Waals surface area (Å²) in [5, 5.41) is 9.28. The van der Waals surface area contributed by atoms with Crippen LogP contribution in [0.25, 0.3) is 0 Å². The Hall–Kier alpha value is -2.58. The molecule has 2 rings (SSSR count). The summed E-state index contributed by atoms with van der Waals surface area (Å²) >= 11 is 6.06. The van der Waals surface area contributed by atoms with Gasteiger partial charge in [-0.1, -0.05) is 29.8 Å². The average Bonchev–Trinajstić information content (AvgIpc) is 2.60. The predicted molar refractivity (Wildman–Crippen MR) is 91.4 cm³/mol. The van der Waals surface area contributed by atoms with Gasteiger partial charge in [-0.25, -0.2) is 0 Å². The van der Waals surface area contributed by atoms with Crippen molar-refractivity contribution in [3.05, 3.63) is 59.4 Å². The van der Waals surface area contributed by atoms with Crippen molar-refractivity contribution in [2.24, 2.45) is 0 Å². The van der Waals surface area contributed by atoms with Crippen LogP contribution in [0, 0.1) is 11.3 Å². The number of nitrogens with zero attached hydrogens (tertiary/aromatic N) is 3. The Labute approximate surface area is 146 Å². The number of carbonyl (C=O) groups is 1. The predicted octanol–water partition coefficient (Wildman–Crippen LogP) is 3.44. The fourth-order valence-electron chi connectivity index (χ4n) is 2.20. The molecule has 1 aromatic heterocycles. The number of nitriles is 1. The smallest absolute Gasteiger partial charge is 0.263 e. The minimum atomic E-state index is -0.708. The molecule has 124 valence electrons. The Morgan fingerprint density at radius 3 is 2.83 bits per heavy atom. The fraction of sp³-hybridized carbons (Fsp3) is 0.278. The summed E-state index contributed by atoms with van der Waals surface area (Å²) in [5.74, 6) is 0.260. The lowest BCUT2D eigenvalue weighted by molar-refractivity contribution is -0.138. The molecule has 5 nitrogen and oxygen atoms in total. The molecule has 1 amide bonds. The van der Waals surface area contributed by atoms with Gasteiger partial charge in [-0.2, -0.15) is 5.26 Å². The summed E-state index contributed by atoms with van der Waals surface area (Å²) in [5.41, 5.74) is 0.897. The maximum Gasteiger partial charge on any atom is 0.263 e. The number of ether oxygens (including phenoxy) is 1. The van der Waals surface area contributed by atoms with Crippen molar-refractivity contribution in [1.29, 1.82) is 5.26 Å². The van der Waals surface area contributed by atoms with Crippen LogP contribution in [0.5, 0.6) is 5.75 Å². The minimum Gasteiger partial charge on any atom is -0.479 e. The van der Waals surface area contributed by atoms with Gasteiger partial charge < -0.3 is 9.64 Å². The van der Waals surface area contributed by atoms with E-state index in [-0.39, 0.29) is 12.3 Å². The van der Waals surface area contributed by atoms with Crippen molar-refractivity contribution in [2.45, 2.75) is 26.0 Å². The lowest BCUT2D eigenvalue weighted by Crippen LogP contribution is -2.40. The van der Waals surface area contributed by atoms with Crippen LogP contribution in [0.2, 0.25) is 5.02 Å². The zero-order valence-electron chi connectivity index (χ0n) is 13.4. The van der Waals surface area contributed by atoms with Gasteiger partial charge in [0.05, 0.1) is 17.5 Å². The van der Waals surface area contributed by atoms with E-state index in [1.165, 1.54) is 0 Å². The van der Waals surface area contributed by atoms with Crippen LogP contribution >= 0.6 is 11.6 Å². The lowest BCUT2D eigenvalue weighted by Gasteiger charge is -2.25. The summed E-state index contributed by atoms with van der Waals surface area (Å²) in [4.78, 5) is 18.3. The molecular formula is C18H18ClN3O2. The van der Waals surface area contributed by atoms with E-state index < -0.39 is 6.10 Å². The molecule has 0 saturated carbocycles. The molecule has 0 radical (unpaired) electrons. The van der Waals surface area contributed by atoms with Crippen LogP contribution in [0.15, 0.2) is 48.8 Å². The van der Waals surface area contributed by atoms with Crippen LogP contribution in [-0.4, -0.2) is 28.4 Å². The van der Waals surface area contributed by atoms with Crippen molar-refractivity contribution in [3.63, 3.8) is 0 Å². The number of aromatic nitrogens is 1. The highest BCUT2D eigenvalue weighted by Crippen LogP contribution is 2.24. The minimum absolute atomic E-state index is 0.200. The van der Waals surface area contributed by atoms with Crippen molar-refractivity contribution in [2.75, 3.05) is 6.54 Å². The SMILES string of the molecule is CC(Oc1ccccc1Cl)C(=O)N(CCC#N)Cc1cccnc1. The summed E-state index contributed by atoms with van der Waals surface area (Å²) in [6.45, 7) is 2.39. The Bertz CT molecular complexity index is 716. The molecule has 1 unspecified atom stereocenters. The molecule has 0 saturated heterocycles. The van der Waals surface area contributed by atoms with E-state index in [4.69, 9.17) is 21.6 Å². The van der Waals surface area contributed by atoms with Gasteiger partial charge in [0.1, 0.15) is 5.75 Å². The molecule has 0 aliphatic rings. The van der Waals surface area contributed by atoms with E-state index >= 15 is 0 Å². The van der Waals surface area contributed by atoms with E-state index in [0.29, 0.717) is 23.9 Å². The maximum atomic E-state index is 12.7. The van der Waals surface area contributed by atoms with Gasteiger partial charge in [0.2, 0.25) is 0 Å². The summed E-state index contributed by atoms with van der Waals surface area (Å²) in [7, 11) is 0. The Morgan fingerprint density at radius 1 is 1.38 bits per heavy atom. The molecule has 1 heterocycles. The normalized spacial score (nSPS) is 11.4. The first-order valence-electron chi connectivity index (χ1n) is 7.57. The Balaban J connectivity index is 2.08. The molecule has 24 heavy (non-hydrogen) atoms. The number of hydrogen-bond acceptors (Lipinski definition) is 4. The highest BCUT2D eigenvalue weighted by atomic mass is 35.5. The zero-order chi connectivity index (χ0) is 17.4. The molecule has 0 spiro atoms. The number of para-hydroxylation sites is 1. The number of halogens is 1. The van der Waals surface area contributed by atoms with Gasteiger partial charge in [0.25, 0.3) is 5.91 Å². The second-order valence-electron chi connectivity index (χ2n) is 5.22. The molecule has 0 fully saturated rings. The third-order valence-electron chi connectivity index (χ3n) is 3.39. The molecule has 1 atom stereocenters. The van der Waals surface area contributed by atoms with Crippen molar-refractivity contribution in [1.82, 2.24) is 9.88 Å². The first kappa shape index (κ1) is 17.8. The van der Waals surface area contributed by atoms with Gasteiger partial charge in [-0.15, -0.1) is 0 Å². The molecule has 1 aromatic carbocycles. The van der Waals surface area contributed by atoms with Crippen LogP contribution in [0.3, 0.4) is 0 Å². The van der Waals surface area contributed by atoms with Crippen molar-refractivity contribution in [3.8, 4) is 11.8 Å². The van der Waals surface area contributed by atoms with Crippen LogP contribution < -0.4 is 4.74 Å². The lowest BCUT2D eigenvalue weighted by atomic mass is 10.2. The second kappa shape index (κ2) is 8.90. The van der Waals surface area contributed by atoms with Gasteiger partial charge in [-0.3, -0.25) is 9.78 Å². The topological polar surface area (TPSA) is 66.2 Å². The largest absolute Gasteiger partial charge is 0.479 e. The highest BCUT2D eigenvalue weighted by Gasteiger charge is 2.22. The van der Waals surface area contributed by atoms with E-state index in [1.807, 2.05) is 12.1 Å². The van der Waals surface area contributed by atoms with E-state index in [1.54, 1.807) is 48.5 Å². The standard InChI is InChI=1S/C18H18ClN3O2/c1-14(24-17-8-3-2-7-16(17)19)18(23)22(11-5-9-20)13-15-6-4-10-21-12-15/h2-4,6-8,10,12,14H,5,11,13H2,1H3. The van der Waals surface area contributed by atoms with E-state index in [9.17, 15) is 4.79 Å². The van der Waals surface area contributed by atoms with Gasteiger partial charge in [0, 0.05) is 25.5 Å². The Morgan fingerprint density at radius 2 is 2.17 bits per heavy atom. The fourth-order valence-corrected chi connectivity index (χ4v) is 2.38. The van der Waals surface area contributed by atoms with Gasteiger partial charge in [-0.05, 0) is 30.7 Å². The quantitative estimate of drug-likeness (QED) is 0.772. The summed E-state index contributed by atoms with van der Waals surface area (Å²) in [6, 6.07) is 12.8. The van der Waals surface area contributed by atoms with Crippen molar-refractivity contribution < 1.29 is 9.53 Å². The molecule has 0 N–H and O–H groups in total.